The van der Waals surface area contributed by atoms with Gasteiger partial charge in [0.2, 0.25) is 0 Å². The van der Waals surface area contributed by atoms with Gasteiger partial charge in [-0.15, -0.1) is 0 Å². The van der Waals surface area contributed by atoms with Crippen molar-refractivity contribution in [3.63, 3.8) is 0 Å². The Balaban J connectivity index is 2.50. The maximum Gasteiger partial charge on any atom is 0.183 e. The minimum atomic E-state index is -0.826. The summed E-state index contributed by atoms with van der Waals surface area (Å²) < 4.78 is 9.83. The van der Waals surface area contributed by atoms with Crippen LogP contribution in [0, 0.1) is 0 Å². The second kappa shape index (κ2) is 4.15. The van der Waals surface area contributed by atoms with Gasteiger partial charge >= 0.3 is 0 Å². The average molecular weight is 178 g/mol. The Bertz CT molecular complexity index is 126. The van der Waals surface area contributed by atoms with Gasteiger partial charge in [-0.25, -0.2) is 0 Å². The Morgan fingerprint density at radius 3 is 2.58 bits per heavy atom. The molecule has 5 nitrogen and oxygen atoms in total. The fourth-order valence-corrected chi connectivity index (χ4v) is 1.24. The molecule has 12 heavy (non-hydrogen) atoms. The molecule has 1 saturated heterocycles. The van der Waals surface area contributed by atoms with Crippen molar-refractivity contribution >= 4 is 0 Å². The van der Waals surface area contributed by atoms with Crippen molar-refractivity contribution in [1.82, 2.24) is 0 Å². The molecule has 0 amide bonds. The van der Waals surface area contributed by atoms with Crippen LogP contribution in [0.1, 0.15) is 6.42 Å². The Kier molecular flexibility index (Phi) is 3.42. The normalized spacial score (nSPS) is 43.0. The highest BCUT2D eigenvalue weighted by molar-refractivity contribution is 4.80. The van der Waals surface area contributed by atoms with Crippen molar-refractivity contribution in [3.8, 4) is 0 Å². The van der Waals surface area contributed by atoms with E-state index in [1.165, 1.54) is 7.11 Å². The highest BCUT2D eigenvalue weighted by Crippen LogP contribution is 2.20. The predicted molar refractivity (Wildman–Crippen MR) is 39.4 cm³/mol. The molecule has 0 aromatic carbocycles. The van der Waals surface area contributed by atoms with Crippen molar-refractivity contribution in [1.29, 1.82) is 0 Å². The Hall–Kier alpha value is -0.200. The van der Waals surface area contributed by atoms with Gasteiger partial charge in [-0.2, -0.15) is 0 Å². The van der Waals surface area contributed by atoms with Gasteiger partial charge in [-0.05, 0) is 0 Å². The molecule has 4 atom stereocenters. The molecule has 0 radical (unpaired) electrons. The summed E-state index contributed by atoms with van der Waals surface area (Å²) in [6, 6.07) is 0. The average Bonchev–Trinajstić information content (AvgIpc) is 2.05. The first-order valence-electron chi connectivity index (χ1n) is 3.84. The summed E-state index contributed by atoms with van der Waals surface area (Å²) in [6.45, 7) is -0.270. The number of rotatable bonds is 2. The van der Waals surface area contributed by atoms with Crippen LogP contribution >= 0.6 is 0 Å². The molecule has 0 aromatic rings. The molecule has 1 heterocycles. The van der Waals surface area contributed by atoms with E-state index in [-0.39, 0.29) is 13.0 Å². The summed E-state index contributed by atoms with van der Waals surface area (Å²) in [5, 5.41) is 27.3. The van der Waals surface area contributed by atoms with Crippen LogP contribution in [0.5, 0.6) is 0 Å². The summed E-state index contributed by atoms with van der Waals surface area (Å²) in [7, 11) is 1.40. The van der Waals surface area contributed by atoms with Crippen LogP contribution in [0.25, 0.3) is 0 Å². The minimum Gasteiger partial charge on any atom is -0.394 e. The maximum absolute atomic E-state index is 9.26. The number of ether oxygens (including phenoxy) is 2. The van der Waals surface area contributed by atoms with E-state index in [0.29, 0.717) is 0 Å². The number of methoxy groups -OCH3 is 1. The molecule has 72 valence electrons. The lowest BCUT2D eigenvalue weighted by Gasteiger charge is -2.35. The molecule has 3 N–H and O–H groups in total. The van der Waals surface area contributed by atoms with Crippen LogP contribution < -0.4 is 0 Å². The second-order valence-corrected chi connectivity index (χ2v) is 2.83. The Morgan fingerprint density at radius 1 is 1.42 bits per heavy atom. The fraction of sp³-hybridized carbons (Fsp3) is 1.00. The van der Waals surface area contributed by atoms with E-state index in [1.807, 2.05) is 0 Å². The standard InChI is InChI=1S/C7H14O5/c1-11-7-5(10)2-4(9)6(3-8)12-7/h4-10H,2-3H2,1H3/t4?,5-,6+,7?/m0/s1. The van der Waals surface area contributed by atoms with Crippen LogP contribution in [0.2, 0.25) is 0 Å². The predicted octanol–water partition coefficient (Wildman–Crippen LogP) is -1.54. The highest BCUT2D eigenvalue weighted by atomic mass is 16.7. The number of aliphatic hydroxyl groups is 3. The van der Waals surface area contributed by atoms with Crippen molar-refractivity contribution in [3.05, 3.63) is 0 Å². The lowest BCUT2D eigenvalue weighted by Crippen LogP contribution is -2.49. The lowest BCUT2D eigenvalue weighted by molar-refractivity contribution is -0.261. The van der Waals surface area contributed by atoms with Crippen LogP contribution in [-0.2, 0) is 9.47 Å². The third-order valence-corrected chi connectivity index (χ3v) is 1.95. The van der Waals surface area contributed by atoms with Gasteiger partial charge in [-0.3, -0.25) is 0 Å². The van der Waals surface area contributed by atoms with Gasteiger partial charge in [0.15, 0.2) is 6.29 Å². The molecular weight excluding hydrogens is 164 g/mol. The lowest BCUT2D eigenvalue weighted by atomic mass is 10.0. The first-order valence-corrected chi connectivity index (χ1v) is 3.84. The summed E-state index contributed by atoms with van der Waals surface area (Å²) >= 11 is 0. The minimum absolute atomic E-state index is 0.170. The second-order valence-electron chi connectivity index (χ2n) is 2.83. The quantitative estimate of drug-likeness (QED) is 0.477. The molecule has 0 aliphatic carbocycles. The first kappa shape index (κ1) is 9.88. The zero-order valence-corrected chi connectivity index (χ0v) is 6.88. The fourth-order valence-electron chi connectivity index (χ4n) is 1.24. The summed E-state index contributed by atoms with van der Waals surface area (Å²) in [6.07, 6.45) is -2.88. The van der Waals surface area contributed by atoms with Crippen molar-refractivity contribution in [2.75, 3.05) is 13.7 Å². The summed E-state index contributed by atoms with van der Waals surface area (Å²) in [5.41, 5.74) is 0. The summed E-state index contributed by atoms with van der Waals surface area (Å²) in [4.78, 5) is 0. The smallest absolute Gasteiger partial charge is 0.183 e. The van der Waals surface area contributed by atoms with Crippen LogP contribution in [0.3, 0.4) is 0 Å². The number of hydrogen-bond donors (Lipinski definition) is 3. The van der Waals surface area contributed by atoms with Gasteiger partial charge in [0.25, 0.3) is 0 Å². The third-order valence-electron chi connectivity index (χ3n) is 1.95. The van der Waals surface area contributed by atoms with Crippen LogP contribution in [0.4, 0.5) is 0 Å². The zero-order chi connectivity index (χ0) is 9.14. The van der Waals surface area contributed by atoms with E-state index in [1.54, 1.807) is 0 Å². The number of aliphatic hydroxyl groups excluding tert-OH is 3. The molecule has 0 aromatic heterocycles. The van der Waals surface area contributed by atoms with Gasteiger partial charge in [0.1, 0.15) is 12.2 Å². The molecule has 0 bridgehead atoms. The van der Waals surface area contributed by atoms with E-state index < -0.39 is 24.6 Å². The first-order chi connectivity index (χ1) is 5.69. The van der Waals surface area contributed by atoms with Crippen molar-refractivity contribution in [2.24, 2.45) is 0 Å². The van der Waals surface area contributed by atoms with Crippen LogP contribution in [0.15, 0.2) is 0 Å². The number of hydrogen-bond acceptors (Lipinski definition) is 5. The molecule has 1 fully saturated rings. The summed E-state index contributed by atoms with van der Waals surface area (Å²) in [5.74, 6) is 0. The van der Waals surface area contributed by atoms with Crippen LogP contribution in [-0.4, -0.2) is 53.6 Å². The van der Waals surface area contributed by atoms with Gasteiger partial charge in [0.05, 0.1) is 12.7 Å². The molecule has 1 rings (SSSR count). The molecule has 5 heteroatoms. The SMILES string of the molecule is COC1O[C@H](CO)C(O)C[C@@H]1O. The van der Waals surface area contributed by atoms with E-state index in [4.69, 9.17) is 14.6 Å². The van der Waals surface area contributed by atoms with Gasteiger partial charge < -0.3 is 24.8 Å². The van der Waals surface area contributed by atoms with E-state index >= 15 is 0 Å². The van der Waals surface area contributed by atoms with E-state index in [9.17, 15) is 10.2 Å². The molecule has 1 aliphatic heterocycles. The topological polar surface area (TPSA) is 79.2 Å². The van der Waals surface area contributed by atoms with Crippen molar-refractivity contribution in [2.45, 2.75) is 31.0 Å². The Labute approximate surface area is 70.5 Å². The monoisotopic (exact) mass is 178 g/mol. The van der Waals surface area contributed by atoms with E-state index in [0.717, 1.165) is 0 Å². The molecule has 1 aliphatic rings. The third kappa shape index (κ3) is 1.94. The maximum atomic E-state index is 9.26. The molecule has 0 saturated carbocycles. The van der Waals surface area contributed by atoms with E-state index in [2.05, 4.69) is 0 Å². The molecule has 0 spiro atoms. The molecular formula is C7H14O5. The van der Waals surface area contributed by atoms with Crippen molar-refractivity contribution < 1.29 is 24.8 Å². The van der Waals surface area contributed by atoms with Gasteiger partial charge in [0, 0.05) is 13.5 Å². The zero-order valence-electron chi connectivity index (χ0n) is 6.88. The Morgan fingerprint density at radius 2 is 2.08 bits per heavy atom. The highest BCUT2D eigenvalue weighted by Gasteiger charge is 2.35. The van der Waals surface area contributed by atoms with Gasteiger partial charge in [-0.1, -0.05) is 0 Å². The largest absolute Gasteiger partial charge is 0.394 e. The molecule has 2 unspecified atom stereocenters.